The van der Waals surface area contributed by atoms with Gasteiger partial charge in [0.1, 0.15) is 90.6 Å². The third-order valence-electron chi connectivity index (χ3n) is 19.8. The lowest BCUT2D eigenvalue weighted by molar-refractivity contribution is -0.136. The fraction of sp³-hybridized carbons (Fsp3) is 0.762. The van der Waals surface area contributed by atoms with Gasteiger partial charge in [-0.3, -0.25) is 96.7 Å². The van der Waals surface area contributed by atoms with E-state index >= 15 is 0 Å². The fourth-order valence-electron chi connectivity index (χ4n) is 13.3. The highest BCUT2D eigenvalue weighted by Gasteiger charge is 2.39. The molecule has 129 heavy (non-hydrogen) atoms. The molecule has 45 nitrogen and oxygen atoms in total. The number of rotatable bonds is 63. The summed E-state index contributed by atoms with van der Waals surface area (Å²) in [6, 6.07) is -20.6. The predicted molar refractivity (Wildman–Crippen MR) is 494 cm³/mol. The van der Waals surface area contributed by atoms with Crippen molar-refractivity contribution in [3.8, 4) is 0 Å². The molecule has 0 aromatic heterocycles. The van der Waals surface area contributed by atoms with E-state index in [-0.39, 0.29) is 194 Å². The van der Waals surface area contributed by atoms with Crippen LogP contribution < -0.4 is 137 Å². The van der Waals surface area contributed by atoms with E-state index in [0.29, 0.717) is 6.42 Å². The average Bonchev–Trinajstić information content (AvgIpc) is 0.858. The highest BCUT2D eigenvalue weighted by atomic mass is 16.2. The topological polar surface area (TPSA) is 763 Å². The molecule has 0 saturated heterocycles. The van der Waals surface area contributed by atoms with Crippen molar-refractivity contribution in [2.75, 3.05) is 26.2 Å². The van der Waals surface area contributed by atoms with Crippen LogP contribution in [-0.2, 0) is 76.7 Å². The number of guanidine groups is 4. The minimum absolute atomic E-state index is 0.00244. The zero-order valence-corrected chi connectivity index (χ0v) is 79.6. The molecule has 0 spiro atoms. The monoisotopic (exact) mass is 1830 g/mol. The highest BCUT2D eigenvalue weighted by molar-refractivity contribution is 6.01. The second-order valence-corrected chi connectivity index (χ2v) is 36.4. The van der Waals surface area contributed by atoms with Crippen molar-refractivity contribution in [3.05, 3.63) is 0 Å². The fourth-order valence-corrected chi connectivity index (χ4v) is 13.3. The number of primary amides is 1. The number of nitrogens with two attached hydrogens (primary N) is 10. The van der Waals surface area contributed by atoms with Gasteiger partial charge in [0.05, 0.1) is 6.04 Å². The summed E-state index contributed by atoms with van der Waals surface area (Å²) < 4.78 is 0. The summed E-state index contributed by atoms with van der Waals surface area (Å²) in [5.41, 5.74) is 56.2. The molecule has 0 heterocycles. The van der Waals surface area contributed by atoms with Crippen molar-refractivity contribution in [1.82, 2.24) is 79.8 Å². The van der Waals surface area contributed by atoms with E-state index in [1.807, 2.05) is 27.7 Å². The van der Waals surface area contributed by atoms with Gasteiger partial charge >= 0.3 is 0 Å². The van der Waals surface area contributed by atoms with E-state index in [0.717, 1.165) is 0 Å². The summed E-state index contributed by atoms with van der Waals surface area (Å²) in [6.07, 6.45) is 0.902. The third-order valence-corrected chi connectivity index (χ3v) is 19.8. The Morgan fingerprint density at radius 2 is 0.341 bits per heavy atom. The van der Waals surface area contributed by atoms with Gasteiger partial charge in [-0.2, -0.15) is 0 Å². The van der Waals surface area contributed by atoms with Gasteiger partial charge in [0.25, 0.3) is 0 Å². The van der Waals surface area contributed by atoms with Crippen molar-refractivity contribution < 1.29 is 76.7 Å². The first-order chi connectivity index (χ1) is 59.9. The van der Waals surface area contributed by atoms with Gasteiger partial charge in [0.15, 0.2) is 23.8 Å². The smallest absolute Gasteiger partial charge is 0.243 e. The zero-order chi connectivity index (χ0) is 99.0. The third kappa shape index (κ3) is 51.4. The molecule has 0 rings (SSSR count). The summed E-state index contributed by atoms with van der Waals surface area (Å²) in [5.74, 6) is -15.2. The Morgan fingerprint density at radius 1 is 0.194 bits per heavy atom. The van der Waals surface area contributed by atoms with Gasteiger partial charge in [-0.1, -0.05) is 111 Å². The SMILES string of the molecule is CC(C)C[C@H](NC(=O)[C@H](C)NC(=O)[C@H](CCCN=C(N)N)NC(=O)[C@H](CC(C)C)NC(=O)[C@H](CC(C)C)NC(=O)[C@H](CCCN=C(N)N)NC(=O)[C@H](C)NC(=O)[C@H](CC(C)C)NC(=O)[C@H](CC(C)C)NC(=O)[C@H](CCCN=C(N)N)NC(=O)[C@H](C)NC(=O)[C@H](CC(C)C)NC(=O)[C@H](CC(C)C)NC(=O)[C@H](CCCN=C(N)N)NC(=O)[C@H](C)NC(=O)[C@@H](N)CC(C)C)C(N)=O. The van der Waals surface area contributed by atoms with E-state index in [4.69, 9.17) is 57.3 Å². The minimum atomic E-state index is -1.43. The van der Waals surface area contributed by atoms with Crippen LogP contribution in [0.3, 0.4) is 0 Å². The molecule has 736 valence electrons. The predicted octanol–water partition coefficient (Wildman–Crippen LogP) is -4.27. The van der Waals surface area contributed by atoms with Crippen LogP contribution in [0.15, 0.2) is 20.0 Å². The number of nitrogens with one attached hydrogen (secondary N) is 15. The maximum absolute atomic E-state index is 14.7. The summed E-state index contributed by atoms with van der Waals surface area (Å²) in [6.45, 7) is 34.4. The normalized spacial score (nSPS) is 15.1. The molecule has 16 amide bonds. The van der Waals surface area contributed by atoms with Crippen LogP contribution >= 0.6 is 0 Å². The van der Waals surface area contributed by atoms with Crippen molar-refractivity contribution in [2.45, 2.75) is 338 Å². The van der Waals surface area contributed by atoms with E-state index in [1.54, 1.807) is 83.1 Å². The molecule has 0 aliphatic heterocycles. The Morgan fingerprint density at radius 3 is 0.527 bits per heavy atom. The van der Waals surface area contributed by atoms with Crippen LogP contribution in [0.4, 0.5) is 0 Å². The molecule has 35 N–H and O–H groups in total. The quantitative estimate of drug-likeness (QED) is 0.0156. The van der Waals surface area contributed by atoms with Gasteiger partial charge in [0.2, 0.25) is 94.5 Å². The number of carbonyl (C=O) groups is 16. The van der Waals surface area contributed by atoms with Crippen LogP contribution in [0.5, 0.6) is 0 Å². The summed E-state index contributed by atoms with van der Waals surface area (Å²) in [5, 5.41) is 40.0. The second-order valence-electron chi connectivity index (χ2n) is 36.4. The number of aliphatic imine (C=N–C) groups is 4. The molecule has 16 atom stereocenters. The Hall–Kier alpha value is -11.4. The number of carbonyl (C=O) groups excluding carboxylic acids is 16. The Bertz CT molecular complexity index is 3740. The van der Waals surface area contributed by atoms with Crippen LogP contribution in [0.1, 0.15) is 241 Å². The number of hydrogen-bond acceptors (Lipinski definition) is 21. The number of nitrogens with zero attached hydrogens (tertiary/aromatic N) is 4. The van der Waals surface area contributed by atoms with Gasteiger partial charge in [0, 0.05) is 26.2 Å². The molecular weight excluding hydrogens is 1670 g/mol. The van der Waals surface area contributed by atoms with E-state index in [9.17, 15) is 76.7 Å². The molecule has 0 saturated carbocycles. The summed E-state index contributed by atoms with van der Waals surface area (Å²) in [4.78, 5) is 241. The highest BCUT2D eigenvalue weighted by Crippen LogP contribution is 2.18. The lowest BCUT2D eigenvalue weighted by Crippen LogP contribution is -2.61. The first-order valence-corrected chi connectivity index (χ1v) is 44.8. The molecule has 0 unspecified atom stereocenters. The Labute approximate surface area is 760 Å². The Kier molecular flexibility index (Phi) is 55.7. The van der Waals surface area contributed by atoms with Crippen LogP contribution in [0.25, 0.3) is 0 Å². The summed E-state index contributed by atoms with van der Waals surface area (Å²) >= 11 is 0. The van der Waals surface area contributed by atoms with E-state index < -0.39 is 191 Å². The van der Waals surface area contributed by atoms with Crippen molar-refractivity contribution in [3.63, 3.8) is 0 Å². The molecule has 45 heteroatoms. The van der Waals surface area contributed by atoms with Gasteiger partial charge in [-0.15, -0.1) is 0 Å². The van der Waals surface area contributed by atoms with Crippen LogP contribution in [-0.4, -0.2) is 241 Å². The summed E-state index contributed by atoms with van der Waals surface area (Å²) in [7, 11) is 0. The van der Waals surface area contributed by atoms with Crippen molar-refractivity contribution >= 4 is 118 Å². The number of amides is 16. The van der Waals surface area contributed by atoms with E-state index in [2.05, 4.69) is 99.7 Å². The maximum Gasteiger partial charge on any atom is 0.243 e. The van der Waals surface area contributed by atoms with Crippen molar-refractivity contribution in [2.24, 2.45) is 125 Å². The molecule has 0 aromatic rings. The first-order valence-electron chi connectivity index (χ1n) is 44.8. The molecule has 0 radical (unpaired) electrons. The number of hydrogen-bond donors (Lipinski definition) is 25. The standard InChI is InChI=1S/C84H159N29O16/c1-41(2)33-53(85)70(119)99-49(17)66(115)103-55(26-22-30-96-82(89)90)72(121)108-62(38-46(11)12)78(127)111-59(35-43(5)6)75(124)101-50(18)67(116)104-56(27-23-31-97-83(91)92)73(122)109-63(39-47(13)14)79(128)112-60(36-44(7)8)76(125)102-51(19)68(117)105-57(28-24-32-98-84(93)94)74(123)110-64(40-48(15)16)80(129)113-61(37-45(9)10)77(126)106-54(25-21-29-95-81(87)88)71(120)100-52(20)69(118)107-58(65(86)114)34-42(3)4/h41-64H,21-40,85H2,1-20H3,(H2,86,114)(H,99,119)(H,100,120)(H,101,124)(H,102,125)(H,103,115)(H,104,116)(H,105,117)(H,106,126)(H,107,118)(H,108,121)(H,109,122)(H,110,123)(H,111,127)(H,112,128)(H,113,129)(H4,87,88,95)(H4,89,90,96)(H4,91,92,97)(H4,93,94,98)/t49-,50-,51-,52-,53-,54-,55-,56-,57-,58-,59-,60-,61-,62-,63-,64-/m0/s1. The van der Waals surface area contributed by atoms with Crippen molar-refractivity contribution in [1.29, 1.82) is 0 Å². The molecule has 0 aromatic carbocycles. The first kappa shape index (κ1) is 118. The Balaban J connectivity index is 7.19. The molecular formula is C84H159N29O16. The van der Waals surface area contributed by atoms with Gasteiger partial charge < -0.3 is 137 Å². The molecule has 0 aliphatic rings. The largest absolute Gasteiger partial charge is 0.370 e. The van der Waals surface area contributed by atoms with Crippen LogP contribution in [0.2, 0.25) is 0 Å². The second kappa shape index (κ2) is 61.1. The van der Waals surface area contributed by atoms with Gasteiger partial charge in [-0.05, 0) is 178 Å². The van der Waals surface area contributed by atoms with E-state index in [1.165, 1.54) is 27.7 Å². The molecule has 0 aliphatic carbocycles. The minimum Gasteiger partial charge on any atom is -0.370 e. The lowest BCUT2D eigenvalue weighted by Gasteiger charge is -2.29. The average molecular weight is 1830 g/mol. The molecule has 0 bridgehead atoms. The lowest BCUT2D eigenvalue weighted by atomic mass is 9.99. The van der Waals surface area contributed by atoms with Crippen LogP contribution in [0, 0.1) is 47.3 Å². The maximum atomic E-state index is 14.7. The molecule has 0 fully saturated rings. The van der Waals surface area contributed by atoms with Gasteiger partial charge in [-0.25, -0.2) is 0 Å². The zero-order valence-electron chi connectivity index (χ0n) is 79.6.